The van der Waals surface area contributed by atoms with Gasteiger partial charge < -0.3 is 0 Å². The van der Waals surface area contributed by atoms with Crippen molar-refractivity contribution < 1.29 is 4.79 Å². The molecule has 3 rings (SSSR count). The van der Waals surface area contributed by atoms with E-state index in [1.165, 1.54) is 0 Å². The third-order valence-electron chi connectivity index (χ3n) is 3.77. The molecule has 1 aromatic heterocycles. The molecule has 1 atom stereocenters. The smallest absolute Gasteiger partial charge is 0.249 e. The van der Waals surface area contributed by atoms with Gasteiger partial charge in [0, 0.05) is 12.1 Å². The molecule has 1 heterocycles. The minimum atomic E-state index is -0.0331. The van der Waals surface area contributed by atoms with E-state index in [2.05, 4.69) is 23.9 Å². The minimum Gasteiger partial charge on any atom is -0.272 e. The maximum atomic E-state index is 11.9. The van der Waals surface area contributed by atoms with Gasteiger partial charge in [0.15, 0.2) is 0 Å². The molecule has 0 N–H and O–H groups in total. The first-order valence-corrected chi connectivity index (χ1v) is 6.75. The molecule has 4 heteroatoms. The van der Waals surface area contributed by atoms with Crippen LogP contribution < -0.4 is 5.36 Å². The molecule has 1 aromatic carbocycles. The fourth-order valence-corrected chi connectivity index (χ4v) is 2.24. The highest BCUT2D eigenvalue weighted by molar-refractivity contribution is 5.83. The van der Waals surface area contributed by atoms with Gasteiger partial charge in [-0.05, 0) is 30.0 Å². The Bertz CT molecular complexity index is 681. The quantitative estimate of drug-likeness (QED) is 0.838. The number of aromatic nitrogens is 2. The zero-order chi connectivity index (χ0) is 14.2. The Morgan fingerprint density at radius 1 is 1.30 bits per heavy atom. The maximum absolute atomic E-state index is 11.9. The van der Waals surface area contributed by atoms with Crippen LogP contribution in [0.5, 0.6) is 0 Å². The van der Waals surface area contributed by atoms with Gasteiger partial charge in [-0.15, -0.1) is 0 Å². The van der Waals surface area contributed by atoms with Gasteiger partial charge in [0.2, 0.25) is 5.91 Å². The van der Waals surface area contributed by atoms with Crippen molar-refractivity contribution in [3.8, 4) is 5.69 Å². The summed E-state index contributed by atoms with van der Waals surface area (Å²) >= 11 is 0. The lowest BCUT2D eigenvalue weighted by atomic mass is 10.1. The van der Waals surface area contributed by atoms with E-state index in [1.54, 1.807) is 10.9 Å². The first-order valence-electron chi connectivity index (χ1n) is 6.75. The van der Waals surface area contributed by atoms with Crippen molar-refractivity contribution in [2.24, 2.45) is 16.3 Å². The van der Waals surface area contributed by atoms with Gasteiger partial charge in [-0.25, -0.2) is 9.67 Å². The van der Waals surface area contributed by atoms with Crippen molar-refractivity contribution in [3.63, 3.8) is 0 Å². The molecule has 102 valence electrons. The molecule has 20 heavy (non-hydrogen) atoms. The second-order valence-electron chi connectivity index (χ2n) is 5.86. The normalized spacial score (nSPS) is 20.7. The zero-order valence-corrected chi connectivity index (χ0v) is 11.7. The molecule has 2 aromatic rings. The van der Waals surface area contributed by atoms with Crippen LogP contribution in [0.25, 0.3) is 5.69 Å². The summed E-state index contributed by atoms with van der Waals surface area (Å²) in [5.41, 5.74) is 1.10. The molecule has 4 nitrogen and oxygen atoms in total. The lowest BCUT2D eigenvalue weighted by molar-refractivity contribution is -0.119. The molecule has 1 saturated carbocycles. The number of carbonyl (C=O) groups is 1. The van der Waals surface area contributed by atoms with E-state index in [0.29, 0.717) is 5.36 Å². The summed E-state index contributed by atoms with van der Waals surface area (Å²) in [6.45, 7) is 4.19. The predicted octanol–water partition coefficient (Wildman–Crippen LogP) is 2.35. The van der Waals surface area contributed by atoms with Crippen LogP contribution in [0, 0.1) is 11.3 Å². The molecule has 0 spiro atoms. The monoisotopic (exact) mass is 267 g/mol. The van der Waals surface area contributed by atoms with Gasteiger partial charge in [0.25, 0.3) is 0 Å². The number of hydrogen-bond donors (Lipinski definition) is 0. The molecule has 1 fully saturated rings. The van der Waals surface area contributed by atoms with Gasteiger partial charge in [0.05, 0.1) is 17.2 Å². The van der Waals surface area contributed by atoms with Crippen molar-refractivity contribution >= 4 is 5.91 Å². The molecule has 0 radical (unpaired) electrons. The molecular formula is C16H17N3O. The van der Waals surface area contributed by atoms with Crippen LogP contribution in [0.1, 0.15) is 20.3 Å². The number of nitrogens with zero attached hydrogens (tertiary/aromatic N) is 3. The van der Waals surface area contributed by atoms with Crippen LogP contribution in [0.4, 0.5) is 0 Å². The van der Waals surface area contributed by atoms with Crippen LogP contribution in [-0.4, -0.2) is 15.7 Å². The number of carbonyl (C=O) groups excluding carboxylic acids is 1. The fraction of sp³-hybridized carbons (Fsp3) is 0.312. The lowest BCUT2D eigenvalue weighted by Crippen LogP contribution is -2.13. The maximum Gasteiger partial charge on any atom is 0.249 e. The molecule has 1 aliphatic carbocycles. The summed E-state index contributed by atoms with van der Waals surface area (Å²) in [4.78, 5) is 16.1. The lowest BCUT2D eigenvalue weighted by Gasteiger charge is -2.03. The number of benzene rings is 1. The second-order valence-corrected chi connectivity index (χ2v) is 5.86. The van der Waals surface area contributed by atoms with Gasteiger partial charge in [0.1, 0.15) is 0 Å². The summed E-state index contributed by atoms with van der Waals surface area (Å²) in [6, 6.07) is 11.6. The summed E-state index contributed by atoms with van der Waals surface area (Å²) in [6.07, 6.45) is 4.37. The van der Waals surface area contributed by atoms with Crippen LogP contribution in [0.3, 0.4) is 0 Å². The zero-order valence-electron chi connectivity index (χ0n) is 11.7. The molecule has 1 unspecified atom stereocenters. The Morgan fingerprint density at radius 2 is 2.00 bits per heavy atom. The van der Waals surface area contributed by atoms with Crippen molar-refractivity contribution in [3.05, 3.63) is 54.1 Å². The molecule has 0 bridgehead atoms. The van der Waals surface area contributed by atoms with Gasteiger partial charge in [-0.2, -0.15) is 5.10 Å². The average molecular weight is 267 g/mol. The van der Waals surface area contributed by atoms with Crippen LogP contribution in [0.2, 0.25) is 0 Å². The Hall–Kier alpha value is -2.23. The van der Waals surface area contributed by atoms with Crippen LogP contribution in [0.15, 0.2) is 53.8 Å². The summed E-state index contributed by atoms with van der Waals surface area (Å²) < 4.78 is 1.75. The van der Waals surface area contributed by atoms with E-state index >= 15 is 0 Å². The van der Waals surface area contributed by atoms with Crippen LogP contribution in [-0.2, 0) is 4.79 Å². The van der Waals surface area contributed by atoms with E-state index in [1.807, 2.05) is 42.6 Å². The Balaban J connectivity index is 1.82. The number of amides is 1. The third-order valence-corrected chi connectivity index (χ3v) is 3.77. The molecule has 0 aliphatic heterocycles. The topological polar surface area (TPSA) is 47.2 Å². The van der Waals surface area contributed by atoms with Crippen LogP contribution >= 0.6 is 0 Å². The first kappa shape index (κ1) is 12.8. The second kappa shape index (κ2) is 4.71. The standard InChI is InChI=1S/C16H17N3O/c1-16(2)10-14(16)15(20)18-12-8-9-19(17-11-12)13-6-4-3-5-7-13/h3-9,11,14H,10H2,1-2H3. The molecule has 1 amide bonds. The Kier molecular flexibility index (Phi) is 3.01. The Morgan fingerprint density at radius 3 is 2.55 bits per heavy atom. The average Bonchev–Trinajstić information content (AvgIpc) is 3.10. The minimum absolute atomic E-state index is 0.0331. The van der Waals surface area contributed by atoms with Crippen molar-refractivity contribution in [1.82, 2.24) is 9.78 Å². The van der Waals surface area contributed by atoms with E-state index in [4.69, 9.17) is 0 Å². The number of hydrogen-bond acceptors (Lipinski definition) is 2. The van der Waals surface area contributed by atoms with E-state index in [9.17, 15) is 4.79 Å². The summed E-state index contributed by atoms with van der Waals surface area (Å²) in [5.74, 6) is 0.0400. The van der Waals surface area contributed by atoms with Gasteiger partial charge in [-0.3, -0.25) is 4.79 Å². The molecular weight excluding hydrogens is 250 g/mol. The third kappa shape index (κ3) is 2.54. The highest BCUT2D eigenvalue weighted by Crippen LogP contribution is 2.52. The number of rotatable bonds is 2. The van der Waals surface area contributed by atoms with E-state index < -0.39 is 0 Å². The van der Waals surface area contributed by atoms with Crippen molar-refractivity contribution in [2.45, 2.75) is 20.3 Å². The van der Waals surface area contributed by atoms with E-state index in [0.717, 1.165) is 12.1 Å². The summed E-state index contributed by atoms with van der Waals surface area (Å²) in [7, 11) is 0. The summed E-state index contributed by atoms with van der Waals surface area (Å²) in [5, 5.41) is 4.90. The van der Waals surface area contributed by atoms with Crippen molar-refractivity contribution in [2.75, 3.05) is 0 Å². The van der Waals surface area contributed by atoms with E-state index in [-0.39, 0.29) is 17.2 Å². The highest BCUT2D eigenvalue weighted by atomic mass is 16.1. The highest BCUT2D eigenvalue weighted by Gasteiger charge is 2.50. The number of para-hydroxylation sites is 1. The molecule has 0 saturated heterocycles. The first-order chi connectivity index (χ1) is 9.56. The largest absolute Gasteiger partial charge is 0.272 e. The fourth-order valence-electron chi connectivity index (χ4n) is 2.24. The van der Waals surface area contributed by atoms with Gasteiger partial charge >= 0.3 is 0 Å². The Labute approximate surface area is 117 Å². The SMILES string of the molecule is CC1(C)CC1C(=O)N=c1ccn(-c2ccccc2)nc1. The molecule has 1 aliphatic rings. The predicted molar refractivity (Wildman–Crippen MR) is 76.0 cm³/mol. The van der Waals surface area contributed by atoms with Gasteiger partial charge in [-0.1, -0.05) is 32.0 Å². The van der Waals surface area contributed by atoms with Crippen molar-refractivity contribution in [1.29, 1.82) is 0 Å².